The van der Waals surface area contributed by atoms with Gasteiger partial charge in [-0.15, -0.1) is 0 Å². The predicted molar refractivity (Wildman–Crippen MR) is 60.3 cm³/mol. The SMILES string of the molecule is CN(Cc1cccc(C(=O)O)n1)C1CCC1. The van der Waals surface area contributed by atoms with Crippen LogP contribution < -0.4 is 0 Å². The second-order valence-electron chi connectivity index (χ2n) is 4.32. The zero-order valence-electron chi connectivity index (χ0n) is 9.39. The van der Waals surface area contributed by atoms with Gasteiger partial charge in [-0.1, -0.05) is 12.5 Å². The van der Waals surface area contributed by atoms with Crippen LogP contribution >= 0.6 is 0 Å². The molecule has 4 nitrogen and oxygen atoms in total. The van der Waals surface area contributed by atoms with Gasteiger partial charge in [0.2, 0.25) is 0 Å². The Bertz CT molecular complexity index is 388. The summed E-state index contributed by atoms with van der Waals surface area (Å²) in [4.78, 5) is 17.1. The quantitative estimate of drug-likeness (QED) is 0.840. The molecule has 1 aromatic heterocycles. The average molecular weight is 220 g/mol. The second kappa shape index (κ2) is 4.61. The van der Waals surface area contributed by atoms with E-state index in [0.29, 0.717) is 6.04 Å². The summed E-state index contributed by atoms with van der Waals surface area (Å²) >= 11 is 0. The van der Waals surface area contributed by atoms with Gasteiger partial charge in [0.05, 0.1) is 5.69 Å². The molecule has 0 aromatic carbocycles. The van der Waals surface area contributed by atoms with E-state index in [2.05, 4.69) is 16.9 Å². The number of pyridine rings is 1. The summed E-state index contributed by atoms with van der Waals surface area (Å²) in [5, 5.41) is 8.83. The molecule has 1 aromatic rings. The van der Waals surface area contributed by atoms with Gasteiger partial charge in [0.1, 0.15) is 5.69 Å². The van der Waals surface area contributed by atoms with Crippen LogP contribution in [0.1, 0.15) is 35.4 Å². The Morgan fingerprint density at radius 1 is 1.56 bits per heavy atom. The summed E-state index contributed by atoms with van der Waals surface area (Å²) in [6.45, 7) is 0.728. The highest BCUT2D eigenvalue weighted by molar-refractivity contribution is 5.85. The number of hydrogen-bond donors (Lipinski definition) is 1. The molecule has 1 N–H and O–H groups in total. The van der Waals surface area contributed by atoms with Crippen LogP contribution in [0.3, 0.4) is 0 Å². The fourth-order valence-corrected chi connectivity index (χ4v) is 1.90. The zero-order valence-corrected chi connectivity index (χ0v) is 9.39. The monoisotopic (exact) mass is 220 g/mol. The van der Waals surface area contributed by atoms with E-state index >= 15 is 0 Å². The highest BCUT2D eigenvalue weighted by Crippen LogP contribution is 2.24. The maximum atomic E-state index is 10.8. The van der Waals surface area contributed by atoms with Crippen molar-refractivity contribution in [3.63, 3.8) is 0 Å². The van der Waals surface area contributed by atoms with Crippen molar-refractivity contribution in [2.75, 3.05) is 7.05 Å². The topological polar surface area (TPSA) is 53.4 Å². The van der Waals surface area contributed by atoms with Crippen molar-refractivity contribution in [2.45, 2.75) is 31.8 Å². The minimum atomic E-state index is -0.965. The normalized spacial score (nSPS) is 16.1. The molecule has 0 bridgehead atoms. The molecule has 1 fully saturated rings. The van der Waals surface area contributed by atoms with E-state index in [4.69, 9.17) is 5.11 Å². The van der Waals surface area contributed by atoms with Crippen molar-refractivity contribution in [2.24, 2.45) is 0 Å². The number of hydrogen-bond acceptors (Lipinski definition) is 3. The molecular weight excluding hydrogens is 204 g/mol. The molecule has 16 heavy (non-hydrogen) atoms. The summed E-state index contributed by atoms with van der Waals surface area (Å²) < 4.78 is 0. The number of aromatic nitrogens is 1. The summed E-state index contributed by atoms with van der Waals surface area (Å²) in [6.07, 6.45) is 3.79. The van der Waals surface area contributed by atoms with E-state index in [-0.39, 0.29) is 5.69 Å². The number of carboxylic acid groups (broad SMARTS) is 1. The van der Waals surface area contributed by atoms with Crippen LogP contribution in [-0.4, -0.2) is 34.0 Å². The fraction of sp³-hybridized carbons (Fsp3) is 0.500. The van der Waals surface area contributed by atoms with Gasteiger partial charge in [-0.25, -0.2) is 9.78 Å². The molecule has 0 amide bonds. The molecule has 0 saturated heterocycles. The Kier molecular flexibility index (Phi) is 3.19. The van der Waals surface area contributed by atoms with E-state index in [0.717, 1.165) is 12.2 Å². The number of nitrogens with zero attached hydrogens (tertiary/aromatic N) is 2. The lowest BCUT2D eigenvalue weighted by Gasteiger charge is -2.34. The molecule has 1 aliphatic rings. The van der Waals surface area contributed by atoms with Gasteiger partial charge in [-0.05, 0) is 32.0 Å². The van der Waals surface area contributed by atoms with E-state index in [9.17, 15) is 4.79 Å². The predicted octanol–water partition coefficient (Wildman–Crippen LogP) is 1.76. The Balaban J connectivity index is 2.02. The van der Waals surface area contributed by atoms with Gasteiger partial charge in [0, 0.05) is 12.6 Å². The lowest BCUT2D eigenvalue weighted by Crippen LogP contribution is -2.36. The van der Waals surface area contributed by atoms with Gasteiger partial charge < -0.3 is 5.11 Å². The van der Waals surface area contributed by atoms with Crippen LogP contribution in [0, 0.1) is 0 Å². The molecular formula is C12H16N2O2. The standard InChI is InChI=1S/C12H16N2O2/c1-14(10-5-3-6-10)8-9-4-2-7-11(13-9)12(15)16/h2,4,7,10H,3,5-6,8H2,1H3,(H,15,16). The van der Waals surface area contributed by atoms with Crippen LogP contribution in [0.2, 0.25) is 0 Å². The number of carboxylic acids is 1. The minimum absolute atomic E-state index is 0.125. The highest BCUT2D eigenvalue weighted by Gasteiger charge is 2.22. The molecule has 1 aliphatic carbocycles. The molecule has 0 radical (unpaired) electrons. The molecule has 0 spiro atoms. The number of carbonyl (C=O) groups is 1. The molecule has 2 rings (SSSR count). The summed E-state index contributed by atoms with van der Waals surface area (Å²) in [5.41, 5.74) is 0.953. The third-order valence-electron chi connectivity index (χ3n) is 3.14. The first-order valence-electron chi connectivity index (χ1n) is 5.56. The Hall–Kier alpha value is -1.42. The number of rotatable bonds is 4. The summed E-state index contributed by atoms with van der Waals surface area (Å²) in [6, 6.07) is 5.80. The Morgan fingerprint density at radius 2 is 2.31 bits per heavy atom. The molecule has 1 heterocycles. The van der Waals surface area contributed by atoms with Gasteiger partial charge >= 0.3 is 5.97 Å². The smallest absolute Gasteiger partial charge is 0.354 e. The third-order valence-corrected chi connectivity index (χ3v) is 3.14. The second-order valence-corrected chi connectivity index (χ2v) is 4.32. The minimum Gasteiger partial charge on any atom is -0.477 e. The first kappa shape index (κ1) is 11.1. The van der Waals surface area contributed by atoms with Crippen LogP contribution in [0.5, 0.6) is 0 Å². The van der Waals surface area contributed by atoms with E-state index < -0.39 is 5.97 Å². The van der Waals surface area contributed by atoms with Crippen LogP contribution in [-0.2, 0) is 6.54 Å². The zero-order chi connectivity index (χ0) is 11.5. The van der Waals surface area contributed by atoms with Crippen molar-refractivity contribution in [3.8, 4) is 0 Å². The third kappa shape index (κ3) is 2.39. The lowest BCUT2D eigenvalue weighted by atomic mass is 9.92. The maximum Gasteiger partial charge on any atom is 0.354 e. The van der Waals surface area contributed by atoms with Gasteiger partial charge in [-0.2, -0.15) is 0 Å². The van der Waals surface area contributed by atoms with E-state index in [1.807, 2.05) is 6.07 Å². The molecule has 0 unspecified atom stereocenters. The van der Waals surface area contributed by atoms with Crippen molar-refractivity contribution in [1.82, 2.24) is 9.88 Å². The first-order valence-corrected chi connectivity index (χ1v) is 5.56. The maximum absolute atomic E-state index is 10.8. The molecule has 86 valence electrons. The summed E-state index contributed by atoms with van der Waals surface area (Å²) in [5.74, 6) is -0.965. The first-order chi connectivity index (χ1) is 7.66. The summed E-state index contributed by atoms with van der Waals surface area (Å²) in [7, 11) is 2.07. The van der Waals surface area contributed by atoms with Gasteiger partial charge in [-0.3, -0.25) is 4.90 Å². The Labute approximate surface area is 94.9 Å². The van der Waals surface area contributed by atoms with E-state index in [1.54, 1.807) is 6.07 Å². The molecule has 4 heteroatoms. The van der Waals surface area contributed by atoms with Crippen LogP contribution in [0.25, 0.3) is 0 Å². The Morgan fingerprint density at radius 3 is 2.88 bits per heavy atom. The fourth-order valence-electron chi connectivity index (χ4n) is 1.90. The van der Waals surface area contributed by atoms with Crippen LogP contribution in [0.4, 0.5) is 0 Å². The van der Waals surface area contributed by atoms with Crippen LogP contribution in [0.15, 0.2) is 18.2 Å². The van der Waals surface area contributed by atoms with Crippen molar-refractivity contribution >= 4 is 5.97 Å². The van der Waals surface area contributed by atoms with Crippen molar-refractivity contribution in [3.05, 3.63) is 29.6 Å². The lowest BCUT2D eigenvalue weighted by molar-refractivity contribution is 0.0689. The number of aromatic carboxylic acids is 1. The molecule has 0 atom stereocenters. The van der Waals surface area contributed by atoms with Gasteiger partial charge in [0.15, 0.2) is 0 Å². The largest absolute Gasteiger partial charge is 0.477 e. The van der Waals surface area contributed by atoms with Crippen molar-refractivity contribution in [1.29, 1.82) is 0 Å². The highest BCUT2D eigenvalue weighted by atomic mass is 16.4. The molecule has 1 saturated carbocycles. The van der Waals surface area contributed by atoms with Gasteiger partial charge in [0.25, 0.3) is 0 Å². The molecule has 0 aliphatic heterocycles. The van der Waals surface area contributed by atoms with E-state index in [1.165, 1.54) is 25.3 Å². The van der Waals surface area contributed by atoms with Crippen molar-refractivity contribution < 1.29 is 9.90 Å². The average Bonchev–Trinajstić information content (AvgIpc) is 2.15.